The van der Waals surface area contributed by atoms with Gasteiger partial charge in [-0.1, -0.05) is 13.3 Å². The summed E-state index contributed by atoms with van der Waals surface area (Å²) in [6, 6.07) is 0.619. The maximum absolute atomic E-state index is 8.98. The molecule has 0 spiro atoms. The summed E-state index contributed by atoms with van der Waals surface area (Å²) in [5.74, 6) is 0.445. The number of piperidine rings is 1. The zero-order chi connectivity index (χ0) is 8.27. The third-order valence-corrected chi connectivity index (χ3v) is 2.77. The van der Waals surface area contributed by atoms with Crippen LogP contribution >= 0.6 is 0 Å². The molecule has 1 aliphatic heterocycles. The number of nitrogens with zero attached hydrogens (tertiary/aromatic N) is 1. The maximum atomic E-state index is 8.98. The number of likely N-dealkylation sites (tertiary alicyclic amines) is 1. The van der Waals surface area contributed by atoms with Gasteiger partial charge in [0.2, 0.25) is 0 Å². The Labute approximate surface area is 69.2 Å². The monoisotopic (exact) mass is 157 g/mol. The van der Waals surface area contributed by atoms with Crippen molar-refractivity contribution >= 4 is 0 Å². The molecule has 66 valence electrons. The van der Waals surface area contributed by atoms with Crippen molar-refractivity contribution in [3.8, 4) is 0 Å². The van der Waals surface area contributed by atoms with E-state index in [2.05, 4.69) is 18.9 Å². The van der Waals surface area contributed by atoms with Gasteiger partial charge >= 0.3 is 0 Å². The number of hydrogen-bond acceptors (Lipinski definition) is 2. The lowest BCUT2D eigenvalue weighted by molar-refractivity contribution is 0.0967. The summed E-state index contributed by atoms with van der Waals surface area (Å²) in [4.78, 5) is 2.38. The van der Waals surface area contributed by atoms with Gasteiger partial charge in [-0.2, -0.15) is 0 Å². The Balaban J connectivity index is 2.40. The van der Waals surface area contributed by atoms with E-state index in [4.69, 9.17) is 5.11 Å². The van der Waals surface area contributed by atoms with Crippen LogP contribution < -0.4 is 0 Å². The Hall–Kier alpha value is -0.0800. The second-order valence-corrected chi connectivity index (χ2v) is 3.70. The zero-order valence-electron chi connectivity index (χ0n) is 7.58. The van der Waals surface area contributed by atoms with Crippen molar-refractivity contribution in [2.45, 2.75) is 32.2 Å². The van der Waals surface area contributed by atoms with Gasteiger partial charge in [-0.25, -0.2) is 0 Å². The van der Waals surface area contributed by atoms with E-state index in [-0.39, 0.29) is 0 Å². The number of aliphatic hydroxyl groups is 1. The molecule has 0 radical (unpaired) electrons. The second kappa shape index (κ2) is 4.07. The highest BCUT2D eigenvalue weighted by atomic mass is 16.3. The maximum Gasteiger partial charge on any atom is 0.0471 e. The summed E-state index contributed by atoms with van der Waals surface area (Å²) in [5.41, 5.74) is 0. The van der Waals surface area contributed by atoms with E-state index in [1.807, 2.05) is 0 Å². The van der Waals surface area contributed by atoms with Crippen LogP contribution in [0.1, 0.15) is 26.2 Å². The normalized spacial score (nSPS) is 30.3. The Morgan fingerprint density at radius 3 is 2.82 bits per heavy atom. The minimum Gasteiger partial charge on any atom is -0.396 e. The summed E-state index contributed by atoms with van der Waals surface area (Å²) < 4.78 is 0. The van der Waals surface area contributed by atoms with Crippen LogP contribution in [0.3, 0.4) is 0 Å². The van der Waals surface area contributed by atoms with E-state index in [0.717, 1.165) is 0 Å². The molecule has 0 bridgehead atoms. The van der Waals surface area contributed by atoms with Crippen LogP contribution in [0.25, 0.3) is 0 Å². The largest absolute Gasteiger partial charge is 0.396 e. The number of rotatable bonds is 2. The third kappa shape index (κ3) is 2.17. The topological polar surface area (TPSA) is 23.5 Å². The summed E-state index contributed by atoms with van der Waals surface area (Å²) in [7, 11) is 2.16. The van der Waals surface area contributed by atoms with Gasteiger partial charge < -0.3 is 10.0 Å². The minimum atomic E-state index is 0.328. The SMILES string of the molecule is CC(CO)C1CCCCN1C. The number of aliphatic hydroxyl groups excluding tert-OH is 1. The van der Waals surface area contributed by atoms with E-state index in [0.29, 0.717) is 18.6 Å². The van der Waals surface area contributed by atoms with Crippen molar-refractivity contribution in [2.75, 3.05) is 20.2 Å². The molecule has 1 fully saturated rings. The van der Waals surface area contributed by atoms with Gasteiger partial charge in [0.05, 0.1) is 0 Å². The van der Waals surface area contributed by atoms with Crippen molar-refractivity contribution in [2.24, 2.45) is 5.92 Å². The molecule has 11 heavy (non-hydrogen) atoms. The third-order valence-electron chi connectivity index (χ3n) is 2.77. The van der Waals surface area contributed by atoms with Crippen LogP contribution in [-0.2, 0) is 0 Å². The van der Waals surface area contributed by atoms with Gasteiger partial charge in [-0.15, -0.1) is 0 Å². The average molecular weight is 157 g/mol. The molecule has 2 atom stereocenters. The molecular weight excluding hydrogens is 138 g/mol. The molecule has 2 heteroatoms. The quantitative estimate of drug-likeness (QED) is 0.649. The first-order chi connectivity index (χ1) is 5.25. The Morgan fingerprint density at radius 2 is 2.27 bits per heavy atom. The van der Waals surface area contributed by atoms with Crippen molar-refractivity contribution < 1.29 is 5.11 Å². The fourth-order valence-electron chi connectivity index (χ4n) is 1.94. The van der Waals surface area contributed by atoms with Gasteiger partial charge in [-0.05, 0) is 32.4 Å². The highest BCUT2D eigenvalue weighted by Gasteiger charge is 2.23. The highest BCUT2D eigenvalue weighted by Crippen LogP contribution is 2.20. The molecule has 1 heterocycles. The Kier molecular flexibility index (Phi) is 3.34. The zero-order valence-corrected chi connectivity index (χ0v) is 7.58. The second-order valence-electron chi connectivity index (χ2n) is 3.70. The molecule has 2 nitrogen and oxygen atoms in total. The van der Waals surface area contributed by atoms with Crippen molar-refractivity contribution in [3.63, 3.8) is 0 Å². The van der Waals surface area contributed by atoms with E-state index < -0.39 is 0 Å². The molecule has 1 aliphatic rings. The van der Waals surface area contributed by atoms with Crippen LogP contribution in [0.5, 0.6) is 0 Å². The van der Waals surface area contributed by atoms with Gasteiger partial charge in [0.1, 0.15) is 0 Å². The van der Waals surface area contributed by atoms with E-state index in [1.165, 1.54) is 25.8 Å². The molecule has 0 aromatic carbocycles. The lowest BCUT2D eigenvalue weighted by Crippen LogP contribution is -2.41. The predicted octanol–water partition coefficient (Wildman–Crippen LogP) is 1.10. The van der Waals surface area contributed by atoms with Crippen LogP contribution in [0, 0.1) is 5.92 Å². The van der Waals surface area contributed by atoms with Gasteiger partial charge in [0.15, 0.2) is 0 Å². The highest BCUT2D eigenvalue weighted by molar-refractivity contribution is 4.78. The standard InChI is InChI=1S/C9H19NO/c1-8(7-11)9-5-3-4-6-10(9)2/h8-9,11H,3-7H2,1-2H3. The fourth-order valence-corrected chi connectivity index (χ4v) is 1.94. The molecule has 0 aliphatic carbocycles. The summed E-state index contributed by atoms with van der Waals surface area (Å²) >= 11 is 0. The first-order valence-electron chi connectivity index (χ1n) is 4.57. The Bertz CT molecular complexity index is 112. The molecule has 0 aromatic heterocycles. The van der Waals surface area contributed by atoms with Gasteiger partial charge in [0, 0.05) is 12.6 Å². The van der Waals surface area contributed by atoms with E-state index >= 15 is 0 Å². The van der Waals surface area contributed by atoms with E-state index in [9.17, 15) is 0 Å². The molecule has 0 amide bonds. The lowest BCUT2D eigenvalue weighted by atomic mass is 9.93. The van der Waals surface area contributed by atoms with E-state index in [1.54, 1.807) is 0 Å². The molecule has 2 unspecified atom stereocenters. The Morgan fingerprint density at radius 1 is 1.55 bits per heavy atom. The van der Waals surface area contributed by atoms with Gasteiger partial charge in [0.25, 0.3) is 0 Å². The van der Waals surface area contributed by atoms with Crippen LogP contribution in [-0.4, -0.2) is 36.2 Å². The molecule has 1 saturated heterocycles. The predicted molar refractivity (Wildman–Crippen MR) is 46.5 cm³/mol. The minimum absolute atomic E-state index is 0.328. The van der Waals surface area contributed by atoms with Crippen molar-refractivity contribution in [1.82, 2.24) is 4.90 Å². The summed E-state index contributed by atoms with van der Waals surface area (Å²) in [5, 5.41) is 8.98. The molecule has 0 aromatic rings. The van der Waals surface area contributed by atoms with Crippen LogP contribution in [0.4, 0.5) is 0 Å². The number of hydrogen-bond donors (Lipinski definition) is 1. The first-order valence-corrected chi connectivity index (χ1v) is 4.57. The molecular formula is C9H19NO. The van der Waals surface area contributed by atoms with Crippen molar-refractivity contribution in [1.29, 1.82) is 0 Å². The summed E-state index contributed by atoms with van der Waals surface area (Å²) in [6.45, 7) is 3.66. The molecule has 1 N–H and O–H groups in total. The van der Waals surface area contributed by atoms with Crippen LogP contribution in [0.2, 0.25) is 0 Å². The van der Waals surface area contributed by atoms with Crippen molar-refractivity contribution in [3.05, 3.63) is 0 Å². The molecule has 1 rings (SSSR count). The summed E-state index contributed by atoms with van der Waals surface area (Å²) in [6.07, 6.45) is 3.92. The molecule has 0 saturated carbocycles. The van der Waals surface area contributed by atoms with Crippen LogP contribution in [0.15, 0.2) is 0 Å². The van der Waals surface area contributed by atoms with Gasteiger partial charge in [-0.3, -0.25) is 0 Å². The fraction of sp³-hybridized carbons (Fsp3) is 1.00. The average Bonchev–Trinajstić information content (AvgIpc) is 2.04. The smallest absolute Gasteiger partial charge is 0.0471 e. The first kappa shape index (κ1) is 9.01. The lowest BCUT2D eigenvalue weighted by Gasteiger charge is -2.35.